The Morgan fingerprint density at radius 1 is 1.16 bits per heavy atom. The summed E-state index contributed by atoms with van der Waals surface area (Å²) in [5.41, 5.74) is 3.38. The highest BCUT2D eigenvalue weighted by Gasteiger charge is 2.32. The van der Waals surface area contributed by atoms with E-state index in [-0.39, 0.29) is 18.2 Å². The average Bonchev–Trinajstić information content (AvgIpc) is 2.79. The maximum absolute atomic E-state index is 12.8. The summed E-state index contributed by atoms with van der Waals surface area (Å²) in [6, 6.07) is 13.0. The van der Waals surface area contributed by atoms with Crippen LogP contribution in [-0.2, 0) is 16.1 Å². The molecule has 32 heavy (non-hydrogen) atoms. The molecule has 0 aromatic heterocycles. The van der Waals surface area contributed by atoms with Gasteiger partial charge in [0.25, 0.3) is 0 Å². The van der Waals surface area contributed by atoms with Crippen LogP contribution in [0.3, 0.4) is 0 Å². The van der Waals surface area contributed by atoms with Gasteiger partial charge in [-0.3, -0.25) is 14.5 Å². The molecule has 3 rings (SSSR count). The van der Waals surface area contributed by atoms with E-state index in [0.29, 0.717) is 32.8 Å². The summed E-state index contributed by atoms with van der Waals surface area (Å²) >= 11 is 0. The SMILES string of the molecule is COc1ccc(CN2CCNC(=O)C2CC(=O)N(C)CCOc2ccccc2)c(C)c1C. The Hall–Kier alpha value is -3.06. The van der Waals surface area contributed by atoms with E-state index in [4.69, 9.17) is 9.47 Å². The molecule has 2 aromatic carbocycles. The number of amides is 2. The number of carbonyl (C=O) groups excluding carboxylic acids is 2. The van der Waals surface area contributed by atoms with Gasteiger partial charge in [0.05, 0.1) is 26.1 Å². The standard InChI is InChI=1S/C25H33N3O4/c1-18-19(2)23(31-4)11-10-20(18)17-28-13-12-26-25(30)22(28)16-24(29)27(3)14-15-32-21-8-6-5-7-9-21/h5-11,22H,12-17H2,1-4H3,(H,26,30). The number of para-hydroxylation sites is 1. The Morgan fingerprint density at radius 3 is 2.62 bits per heavy atom. The van der Waals surface area contributed by atoms with E-state index in [1.165, 1.54) is 0 Å². The summed E-state index contributed by atoms with van der Waals surface area (Å²) < 4.78 is 11.1. The largest absolute Gasteiger partial charge is 0.496 e. The van der Waals surface area contributed by atoms with Crippen molar-refractivity contribution in [2.75, 3.05) is 40.4 Å². The number of carbonyl (C=O) groups is 2. The van der Waals surface area contributed by atoms with Gasteiger partial charge in [0.2, 0.25) is 11.8 Å². The van der Waals surface area contributed by atoms with Gasteiger partial charge in [0, 0.05) is 26.7 Å². The minimum atomic E-state index is -0.490. The third-order valence-corrected chi connectivity index (χ3v) is 6.12. The number of rotatable bonds is 9. The van der Waals surface area contributed by atoms with Crippen LogP contribution in [0.1, 0.15) is 23.1 Å². The zero-order valence-electron chi connectivity index (χ0n) is 19.4. The first-order chi connectivity index (χ1) is 15.4. The summed E-state index contributed by atoms with van der Waals surface area (Å²) in [6.07, 6.45) is 0.141. The van der Waals surface area contributed by atoms with Crippen LogP contribution in [-0.4, -0.2) is 68.1 Å². The molecule has 7 nitrogen and oxygen atoms in total. The number of benzene rings is 2. The van der Waals surface area contributed by atoms with Crippen LogP contribution in [0.15, 0.2) is 42.5 Å². The molecule has 1 atom stereocenters. The lowest BCUT2D eigenvalue weighted by atomic mass is 10.00. The number of hydrogen-bond donors (Lipinski definition) is 1. The van der Waals surface area contributed by atoms with Crippen LogP contribution < -0.4 is 14.8 Å². The van der Waals surface area contributed by atoms with Crippen LogP contribution in [0.5, 0.6) is 11.5 Å². The first-order valence-electron chi connectivity index (χ1n) is 11.0. The van der Waals surface area contributed by atoms with E-state index in [2.05, 4.69) is 17.1 Å². The Bertz CT molecular complexity index is 932. The number of piperazine rings is 1. The van der Waals surface area contributed by atoms with Crippen LogP contribution in [0.4, 0.5) is 0 Å². The fourth-order valence-electron chi connectivity index (χ4n) is 3.90. The van der Waals surface area contributed by atoms with Crippen molar-refractivity contribution in [3.8, 4) is 11.5 Å². The van der Waals surface area contributed by atoms with Crippen LogP contribution >= 0.6 is 0 Å². The number of methoxy groups -OCH3 is 1. The molecule has 0 saturated carbocycles. The van der Waals surface area contributed by atoms with Crippen LogP contribution in [0, 0.1) is 13.8 Å². The molecule has 7 heteroatoms. The van der Waals surface area contributed by atoms with E-state index in [1.807, 2.05) is 49.4 Å². The van der Waals surface area contributed by atoms with Crippen molar-refractivity contribution in [3.63, 3.8) is 0 Å². The van der Waals surface area contributed by atoms with Gasteiger partial charge in [0.1, 0.15) is 18.1 Å². The van der Waals surface area contributed by atoms with Crippen molar-refractivity contribution in [1.82, 2.24) is 15.1 Å². The van der Waals surface area contributed by atoms with E-state index in [9.17, 15) is 9.59 Å². The number of likely N-dealkylation sites (N-methyl/N-ethyl adjacent to an activating group) is 1. The second kappa shape index (κ2) is 11.0. The molecule has 1 N–H and O–H groups in total. The highest BCUT2D eigenvalue weighted by molar-refractivity contribution is 5.88. The molecule has 0 aliphatic carbocycles. The van der Waals surface area contributed by atoms with Crippen molar-refractivity contribution < 1.29 is 19.1 Å². The summed E-state index contributed by atoms with van der Waals surface area (Å²) in [6.45, 7) is 6.86. The van der Waals surface area contributed by atoms with Gasteiger partial charge < -0.3 is 19.7 Å². The minimum absolute atomic E-state index is 0.0728. The molecule has 0 radical (unpaired) electrons. The lowest BCUT2D eigenvalue weighted by molar-refractivity contribution is -0.138. The molecule has 2 amide bonds. The second-order valence-electron chi connectivity index (χ2n) is 8.14. The fraction of sp³-hybridized carbons (Fsp3) is 0.440. The molecule has 1 aliphatic heterocycles. The molecular formula is C25H33N3O4. The smallest absolute Gasteiger partial charge is 0.237 e. The fourth-order valence-corrected chi connectivity index (χ4v) is 3.90. The van der Waals surface area contributed by atoms with E-state index in [0.717, 1.165) is 28.2 Å². The maximum Gasteiger partial charge on any atom is 0.237 e. The van der Waals surface area contributed by atoms with Crippen LogP contribution in [0.2, 0.25) is 0 Å². The molecular weight excluding hydrogens is 406 g/mol. The molecule has 1 fully saturated rings. The first-order valence-corrected chi connectivity index (χ1v) is 11.0. The van der Waals surface area contributed by atoms with Crippen molar-refractivity contribution in [3.05, 3.63) is 59.2 Å². The number of nitrogens with zero attached hydrogens (tertiary/aromatic N) is 2. The first kappa shape index (κ1) is 23.6. The lowest BCUT2D eigenvalue weighted by Gasteiger charge is -2.36. The summed E-state index contributed by atoms with van der Waals surface area (Å²) in [5.74, 6) is 1.46. The lowest BCUT2D eigenvalue weighted by Crippen LogP contribution is -2.56. The predicted molar refractivity (Wildman–Crippen MR) is 124 cm³/mol. The van der Waals surface area contributed by atoms with Gasteiger partial charge >= 0.3 is 0 Å². The van der Waals surface area contributed by atoms with Gasteiger partial charge in [-0.2, -0.15) is 0 Å². The summed E-state index contributed by atoms with van der Waals surface area (Å²) in [7, 11) is 3.41. The predicted octanol–water partition coefficient (Wildman–Crippen LogP) is 2.54. The number of hydrogen-bond acceptors (Lipinski definition) is 5. The van der Waals surface area contributed by atoms with Crippen molar-refractivity contribution in [1.29, 1.82) is 0 Å². The normalized spacial score (nSPS) is 16.4. The van der Waals surface area contributed by atoms with E-state index >= 15 is 0 Å². The highest BCUT2D eigenvalue weighted by atomic mass is 16.5. The van der Waals surface area contributed by atoms with Crippen molar-refractivity contribution >= 4 is 11.8 Å². The molecule has 1 saturated heterocycles. The van der Waals surface area contributed by atoms with Gasteiger partial charge in [-0.15, -0.1) is 0 Å². The molecule has 2 aromatic rings. The number of nitrogens with one attached hydrogen (secondary N) is 1. The Morgan fingerprint density at radius 2 is 1.91 bits per heavy atom. The third kappa shape index (κ3) is 5.79. The molecule has 1 heterocycles. The minimum Gasteiger partial charge on any atom is -0.496 e. The molecule has 1 aliphatic rings. The average molecular weight is 440 g/mol. The Labute approximate surface area is 190 Å². The Kier molecular flexibility index (Phi) is 8.11. The Balaban J connectivity index is 1.60. The monoisotopic (exact) mass is 439 g/mol. The zero-order chi connectivity index (χ0) is 23.1. The van der Waals surface area contributed by atoms with Gasteiger partial charge in [0.15, 0.2) is 0 Å². The van der Waals surface area contributed by atoms with Gasteiger partial charge in [-0.05, 0) is 48.7 Å². The van der Waals surface area contributed by atoms with E-state index in [1.54, 1.807) is 19.1 Å². The van der Waals surface area contributed by atoms with Gasteiger partial charge in [-0.1, -0.05) is 24.3 Å². The summed E-state index contributed by atoms with van der Waals surface area (Å²) in [4.78, 5) is 29.2. The highest BCUT2D eigenvalue weighted by Crippen LogP contribution is 2.26. The van der Waals surface area contributed by atoms with Crippen molar-refractivity contribution in [2.45, 2.75) is 32.9 Å². The molecule has 0 bridgehead atoms. The van der Waals surface area contributed by atoms with Crippen LogP contribution in [0.25, 0.3) is 0 Å². The van der Waals surface area contributed by atoms with Gasteiger partial charge in [-0.25, -0.2) is 0 Å². The molecule has 1 unspecified atom stereocenters. The molecule has 0 spiro atoms. The quantitative estimate of drug-likeness (QED) is 0.650. The topological polar surface area (TPSA) is 71.1 Å². The number of ether oxygens (including phenoxy) is 2. The van der Waals surface area contributed by atoms with E-state index < -0.39 is 6.04 Å². The maximum atomic E-state index is 12.8. The summed E-state index contributed by atoms with van der Waals surface area (Å²) in [5, 5.41) is 2.91. The van der Waals surface area contributed by atoms with Crippen molar-refractivity contribution in [2.24, 2.45) is 0 Å². The molecule has 172 valence electrons. The third-order valence-electron chi connectivity index (χ3n) is 6.12. The second-order valence-corrected chi connectivity index (χ2v) is 8.14. The zero-order valence-corrected chi connectivity index (χ0v) is 19.4.